The van der Waals surface area contributed by atoms with E-state index in [2.05, 4.69) is 33.8 Å². The van der Waals surface area contributed by atoms with Gasteiger partial charge in [-0.2, -0.15) is 5.26 Å². The van der Waals surface area contributed by atoms with Crippen molar-refractivity contribution in [2.75, 3.05) is 26.4 Å². The molecule has 8 heteroatoms. The van der Waals surface area contributed by atoms with Crippen molar-refractivity contribution in [3.63, 3.8) is 0 Å². The summed E-state index contributed by atoms with van der Waals surface area (Å²) in [7, 11) is 0. The summed E-state index contributed by atoms with van der Waals surface area (Å²) in [4.78, 5) is 12.5. The third-order valence-electron chi connectivity index (χ3n) is 18.0. The number of hydrogen-bond donors (Lipinski definition) is 4. The molecule has 17 atom stereocenters. The van der Waals surface area contributed by atoms with E-state index < -0.39 is 6.10 Å². The molecule has 0 saturated heterocycles. The lowest BCUT2D eigenvalue weighted by atomic mass is 9.44. The zero-order valence-electron chi connectivity index (χ0n) is 32.1. The fourth-order valence-corrected chi connectivity index (χ4v) is 15.2. The van der Waals surface area contributed by atoms with E-state index in [0.29, 0.717) is 60.4 Å². The summed E-state index contributed by atoms with van der Waals surface area (Å²) in [6, 6.07) is 2.62. The lowest BCUT2D eigenvalue weighted by Gasteiger charge is -2.61. The fraction of sp³-hybridized carbons (Fsp3) is 0.953. The van der Waals surface area contributed by atoms with Gasteiger partial charge in [0.2, 0.25) is 0 Å². The number of fused-ring (bicyclic) bond motifs is 10. The third-order valence-corrected chi connectivity index (χ3v) is 18.0. The molecule has 51 heavy (non-hydrogen) atoms. The van der Waals surface area contributed by atoms with Crippen molar-refractivity contribution in [3.05, 3.63) is 0 Å². The normalized spacial score (nSPS) is 52.8. The van der Waals surface area contributed by atoms with E-state index in [1.54, 1.807) is 0 Å². The quantitative estimate of drug-likeness (QED) is 0.246. The Morgan fingerprint density at radius 1 is 0.667 bits per heavy atom. The van der Waals surface area contributed by atoms with Crippen molar-refractivity contribution >= 4 is 5.78 Å². The van der Waals surface area contributed by atoms with E-state index in [-0.39, 0.29) is 59.1 Å². The zero-order valence-corrected chi connectivity index (χ0v) is 32.1. The Labute approximate surface area is 307 Å². The number of carbonyl (C=O) groups excluding carboxylic acids is 1. The van der Waals surface area contributed by atoms with Gasteiger partial charge in [-0.05, 0) is 160 Å². The van der Waals surface area contributed by atoms with Crippen molar-refractivity contribution in [2.45, 2.75) is 155 Å². The van der Waals surface area contributed by atoms with E-state index in [1.165, 1.54) is 44.9 Å². The molecule has 4 N–H and O–H groups in total. The van der Waals surface area contributed by atoms with E-state index in [4.69, 9.17) is 19.7 Å². The molecule has 0 heterocycles. The number of hydrogen-bond acceptors (Lipinski definition) is 8. The van der Waals surface area contributed by atoms with E-state index >= 15 is 0 Å². The first kappa shape index (κ1) is 38.2. The molecule has 8 aliphatic carbocycles. The van der Waals surface area contributed by atoms with Gasteiger partial charge in [-0.3, -0.25) is 4.79 Å². The van der Waals surface area contributed by atoms with E-state index in [9.17, 15) is 20.3 Å². The minimum absolute atomic E-state index is 0.0119. The molecule has 0 amide bonds. The summed E-state index contributed by atoms with van der Waals surface area (Å²) < 4.78 is 11.6. The highest BCUT2D eigenvalue weighted by atomic mass is 16.5. The van der Waals surface area contributed by atoms with Crippen molar-refractivity contribution in [3.8, 4) is 6.07 Å². The van der Waals surface area contributed by atoms with Crippen molar-refractivity contribution in [1.82, 2.24) is 0 Å². The number of ether oxygens (including phenoxy) is 2. The number of ketones is 1. The zero-order chi connectivity index (χ0) is 36.3. The molecule has 0 bridgehead atoms. The van der Waals surface area contributed by atoms with Gasteiger partial charge in [0, 0.05) is 11.8 Å². The Morgan fingerprint density at radius 2 is 1.18 bits per heavy atom. The molecule has 0 aliphatic heterocycles. The topological polar surface area (TPSA) is 140 Å². The van der Waals surface area contributed by atoms with Gasteiger partial charge in [0.1, 0.15) is 5.78 Å². The molecule has 0 aromatic rings. The van der Waals surface area contributed by atoms with E-state index in [1.807, 2.05) is 0 Å². The largest absolute Gasteiger partial charge is 0.394 e. The average molecular weight is 712 g/mol. The summed E-state index contributed by atoms with van der Waals surface area (Å²) in [5.74, 6) is 5.94. The minimum Gasteiger partial charge on any atom is -0.394 e. The van der Waals surface area contributed by atoms with Crippen LogP contribution < -0.4 is 0 Å². The van der Waals surface area contributed by atoms with Crippen LogP contribution in [0.25, 0.3) is 0 Å². The smallest absolute Gasteiger partial charge is 0.139 e. The Balaban J connectivity index is 0.000000159. The van der Waals surface area contributed by atoms with Crippen LogP contribution in [0, 0.1) is 86.3 Å². The molecule has 0 aromatic carbocycles. The summed E-state index contributed by atoms with van der Waals surface area (Å²) in [6.07, 6.45) is 16.1. The number of aliphatic hydroxyl groups excluding tert-OH is 4. The number of rotatable bonds is 6. The number of aliphatic hydroxyl groups is 4. The van der Waals surface area contributed by atoms with Gasteiger partial charge < -0.3 is 29.9 Å². The molecule has 8 saturated carbocycles. The van der Waals surface area contributed by atoms with Gasteiger partial charge >= 0.3 is 0 Å². The number of nitriles is 1. The first-order valence-electron chi connectivity index (χ1n) is 21.1. The minimum atomic E-state index is -0.400. The number of nitrogens with zero attached hydrogens (tertiary/aromatic N) is 1. The second kappa shape index (κ2) is 14.5. The van der Waals surface area contributed by atoms with Gasteiger partial charge in [0.05, 0.1) is 62.8 Å². The highest BCUT2D eigenvalue weighted by Crippen LogP contribution is 2.68. The second-order valence-corrected chi connectivity index (χ2v) is 19.8. The molecule has 8 nitrogen and oxygen atoms in total. The Morgan fingerprint density at radius 3 is 1.71 bits per heavy atom. The molecule has 8 rings (SSSR count). The first-order chi connectivity index (χ1) is 24.3. The molecule has 0 unspecified atom stereocenters. The summed E-state index contributed by atoms with van der Waals surface area (Å²) in [6.45, 7) is 10.2. The van der Waals surface area contributed by atoms with Crippen LogP contribution in [0.4, 0.5) is 0 Å². The fourth-order valence-electron chi connectivity index (χ4n) is 15.2. The number of Topliss-reactive ketones (excluding diaryl/α,β-unsaturated/α-hetero) is 1. The van der Waals surface area contributed by atoms with Crippen LogP contribution in [0.3, 0.4) is 0 Å². The molecule has 0 radical (unpaired) electrons. The van der Waals surface area contributed by atoms with Crippen molar-refractivity contribution in [2.24, 2.45) is 74.9 Å². The van der Waals surface area contributed by atoms with Crippen LogP contribution in [0.1, 0.15) is 130 Å². The predicted octanol–water partition coefficient (Wildman–Crippen LogP) is 6.46. The lowest BCUT2D eigenvalue weighted by molar-refractivity contribution is -0.173. The van der Waals surface area contributed by atoms with Gasteiger partial charge in [0.25, 0.3) is 0 Å². The lowest BCUT2D eigenvalue weighted by Crippen LogP contribution is -2.57. The highest BCUT2D eigenvalue weighted by Gasteiger charge is 2.63. The van der Waals surface area contributed by atoms with Crippen LogP contribution >= 0.6 is 0 Å². The first-order valence-corrected chi connectivity index (χ1v) is 21.1. The maximum absolute atomic E-state index is 12.5. The average Bonchev–Trinajstić information content (AvgIpc) is 3.62. The van der Waals surface area contributed by atoms with Gasteiger partial charge in [-0.1, -0.05) is 27.7 Å². The predicted molar refractivity (Wildman–Crippen MR) is 194 cm³/mol. The van der Waals surface area contributed by atoms with Crippen LogP contribution in [-0.2, 0) is 14.3 Å². The summed E-state index contributed by atoms with van der Waals surface area (Å²) >= 11 is 0. The standard InChI is InChI=1S/C22H35NO3.C21H34O4/c1-21-8-7-18-16(17(21)6-4-15(21)13-23)5-3-14-11-19(25)20(26-10-9-24)12-22(14,18)2;1-20-8-7-16-14(15(20)5-6-19(20)24)4-3-13-11-17(23)18(25-10-9-22)12-21(13,16)2/h14-20,24-25H,3-12H2,1-2H3;13-18,22-23H,3-12H2,1-2H3/t14-,15+,16-,17-,18-,19-,20-,21+,22-;13-,14-,15-,16-,17-,18-,20-,21-/m00/s1. The monoisotopic (exact) mass is 712 g/mol. The molecule has 0 aromatic heterocycles. The van der Waals surface area contributed by atoms with Crippen LogP contribution in [0.5, 0.6) is 0 Å². The van der Waals surface area contributed by atoms with Gasteiger partial charge in [-0.25, -0.2) is 0 Å². The summed E-state index contributed by atoms with van der Waals surface area (Å²) in [5.41, 5.74) is 0.592. The molecule has 8 aliphatic rings. The molecular weight excluding hydrogens is 642 g/mol. The maximum Gasteiger partial charge on any atom is 0.139 e. The Hall–Kier alpha value is -1.08. The Bertz CT molecular complexity index is 1300. The van der Waals surface area contributed by atoms with Gasteiger partial charge in [0.15, 0.2) is 0 Å². The Kier molecular flexibility index (Phi) is 10.9. The molecular formula is C43H69NO7. The van der Waals surface area contributed by atoms with Gasteiger partial charge in [-0.15, -0.1) is 0 Å². The second-order valence-electron chi connectivity index (χ2n) is 19.8. The maximum atomic E-state index is 12.5. The molecule has 0 spiro atoms. The van der Waals surface area contributed by atoms with Crippen molar-refractivity contribution < 1.29 is 34.7 Å². The number of carbonyl (C=O) groups is 1. The highest BCUT2D eigenvalue weighted by molar-refractivity contribution is 5.87. The molecule has 288 valence electrons. The van der Waals surface area contributed by atoms with Crippen LogP contribution in [0.15, 0.2) is 0 Å². The molecule has 8 fully saturated rings. The van der Waals surface area contributed by atoms with Crippen LogP contribution in [0.2, 0.25) is 0 Å². The summed E-state index contributed by atoms with van der Waals surface area (Å²) in [5, 5.41) is 48.9. The van der Waals surface area contributed by atoms with Crippen molar-refractivity contribution in [1.29, 1.82) is 5.26 Å². The SMILES string of the molecule is C[C@]12C[C@H](OCCO)[C@@H](O)C[C@@H]1CC[C@@H]1[C@@H]2CC[C@]2(C)C(=O)CC[C@@H]12.C[C@]12C[C@H](OCCO)[C@@H](O)C[C@@H]1CC[C@@H]1[C@@H]2CC[C@]2(C)[C@@H](C#N)CC[C@@H]12. The van der Waals surface area contributed by atoms with Crippen LogP contribution in [-0.4, -0.2) is 77.1 Å². The van der Waals surface area contributed by atoms with E-state index in [0.717, 1.165) is 63.7 Å². The third kappa shape index (κ3) is 6.28.